The largest absolute Gasteiger partial charge is 0.370 e. The van der Waals surface area contributed by atoms with Gasteiger partial charge in [-0.15, -0.1) is 0 Å². The van der Waals surface area contributed by atoms with E-state index in [2.05, 4.69) is 43.6 Å². The number of piperazine rings is 1. The number of ether oxygens (including phenoxy) is 2. The van der Waals surface area contributed by atoms with Crippen molar-refractivity contribution in [2.45, 2.75) is 71.6 Å². The number of aliphatic hydroxyl groups excluding tert-OH is 1. The van der Waals surface area contributed by atoms with E-state index in [0.29, 0.717) is 25.0 Å². The maximum Gasteiger partial charge on any atom is 0.216 e. The van der Waals surface area contributed by atoms with E-state index < -0.39 is 6.41 Å². The van der Waals surface area contributed by atoms with Crippen molar-refractivity contribution in [1.29, 1.82) is 0 Å². The fourth-order valence-electron chi connectivity index (χ4n) is 4.27. The van der Waals surface area contributed by atoms with Crippen LogP contribution in [0.5, 0.6) is 0 Å². The summed E-state index contributed by atoms with van der Waals surface area (Å²) in [5, 5.41) is 10.6. The maximum atomic E-state index is 10.6. The molecular weight excluding hydrogens is 354 g/mol. The molecule has 4 rings (SSSR count). The molecule has 1 N–H and O–H groups in total. The summed E-state index contributed by atoms with van der Waals surface area (Å²) in [6.45, 7) is 12.5. The number of pyridine rings is 1. The molecule has 0 amide bonds. The van der Waals surface area contributed by atoms with E-state index in [-0.39, 0.29) is 11.6 Å². The first kappa shape index (κ1) is 20.1. The Bertz CT molecular complexity index is 690. The van der Waals surface area contributed by atoms with E-state index in [0.717, 1.165) is 31.9 Å². The highest BCUT2D eigenvalue weighted by Crippen LogP contribution is 2.32. The number of hydrogen-bond donors (Lipinski definition) is 1. The first-order valence-corrected chi connectivity index (χ1v) is 10.7. The van der Waals surface area contributed by atoms with Crippen molar-refractivity contribution >= 4 is 5.82 Å². The summed E-state index contributed by atoms with van der Waals surface area (Å²) in [7, 11) is 0. The molecule has 1 saturated carbocycles. The number of fused-ring (bicyclic) bond motifs is 1. The smallest absolute Gasteiger partial charge is 0.216 e. The number of aromatic nitrogens is 1. The van der Waals surface area contributed by atoms with Gasteiger partial charge in [0.2, 0.25) is 6.41 Å². The molecule has 156 valence electrons. The third-order valence-corrected chi connectivity index (χ3v) is 6.32. The average molecular weight is 390 g/mol. The van der Waals surface area contributed by atoms with E-state index in [1.807, 2.05) is 6.20 Å². The molecule has 3 heterocycles. The molecule has 1 aromatic heterocycles. The molecule has 1 aromatic rings. The van der Waals surface area contributed by atoms with Crippen LogP contribution in [0, 0.1) is 11.8 Å². The molecule has 1 aliphatic carbocycles. The lowest BCUT2D eigenvalue weighted by Crippen LogP contribution is -2.59. The number of aliphatic hydroxyl groups is 1. The Morgan fingerprint density at radius 3 is 2.79 bits per heavy atom. The molecule has 3 aliphatic rings. The van der Waals surface area contributed by atoms with Gasteiger partial charge in [-0.1, -0.05) is 13.8 Å². The molecular formula is C22H35N3O3. The van der Waals surface area contributed by atoms with Crippen LogP contribution in [0.25, 0.3) is 0 Å². The van der Waals surface area contributed by atoms with Crippen LogP contribution >= 0.6 is 0 Å². The van der Waals surface area contributed by atoms with Crippen LogP contribution in [-0.4, -0.2) is 59.3 Å². The van der Waals surface area contributed by atoms with Gasteiger partial charge < -0.3 is 19.5 Å². The average Bonchev–Trinajstić information content (AvgIpc) is 3.48. The number of anilines is 1. The topological polar surface area (TPSA) is 58.1 Å². The number of hydrogen-bond acceptors (Lipinski definition) is 6. The zero-order chi connectivity index (χ0) is 19.9. The molecule has 28 heavy (non-hydrogen) atoms. The Hall–Kier alpha value is -1.21. The Morgan fingerprint density at radius 2 is 2.07 bits per heavy atom. The Balaban J connectivity index is 1.45. The van der Waals surface area contributed by atoms with Gasteiger partial charge in [0.15, 0.2) is 0 Å². The highest BCUT2D eigenvalue weighted by molar-refractivity contribution is 5.45. The normalized spacial score (nSPS) is 26.4. The number of nitrogens with zero attached hydrogens (tertiary/aromatic N) is 3. The van der Waals surface area contributed by atoms with Crippen LogP contribution in [0.15, 0.2) is 12.3 Å². The standard InChI is InChI=1S/C22H35N3O3/c1-15(2)19-12-24(7-8-25(19)21(26)27-13-16-5-6-16)20-9-17-10-22(3,4)28-14-18(17)11-23-20/h9,11,15-16,19,21,26H,5-8,10,12-14H2,1-4H3/t19-,21?/m0/s1. The minimum absolute atomic E-state index is 0.117. The van der Waals surface area contributed by atoms with Crippen LogP contribution in [0.3, 0.4) is 0 Å². The van der Waals surface area contributed by atoms with E-state index in [1.54, 1.807) is 0 Å². The summed E-state index contributed by atoms with van der Waals surface area (Å²) < 4.78 is 11.7. The van der Waals surface area contributed by atoms with Gasteiger partial charge in [0.1, 0.15) is 5.82 Å². The van der Waals surface area contributed by atoms with Crippen molar-refractivity contribution in [1.82, 2.24) is 9.88 Å². The molecule has 0 aromatic carbocycles. The van der Waals surface area contributed by atoms with Crippen molar-refractivity contribution in [3.05, 3.63) is 23.4 Å². The van der Waals surface area contributed by atoms with Crippen molar-refractivity contribution in [3.8, 4) is 0 Å². The lowest BCUT2D eigenvalue weighted by atomic mass is 9.92. The molecule has 0 spiro atoms. The van der Waals surface area contributed by atoms with Gasteiger partial charge in [-0.2, -0.15) is 0 Å². The summed E-state index contributed by atoms with van der Waals surface area (Å²) >= 11 is 0. The van der Waals surface area contributed by atoms with Crippen LogP contribution < -0.4 is 4.90 Å². The third-order valence-electron chi connectivity index (χ3n) is 6.32. The lowest BCUT2D eigenvalue weighted by molar-refractivity contribution is -0.213. The predicted molar refractivity (Wildman–Crippen MR) is 109 cm³/mol. The Labute approximate surface area is 168 Å². The fraction of sp³-hybridized carbons (Fsp3) is 0.773. The molecule has 0 bridgehead atoms. The van der Waals surface area contributed by atoms with E-state index in [4.69, 9.17) is 14.5 Å². The van der Waals surface area contributed by atoms with Gasteiger partial charge in [-0.25, -0.2) is 9.88 Å². The van der Waals surface area contributed by atoms with Crippen LogP contribution in [0.4, 0.5) is 5.82 Å². The Kier molecular flexibility index (Phi) is 5.67. The molecule has 0 radical (unpaired) electrons. The van der Waals surface area contributed by atoms with Crippen LogP contribution in [0.1, 0.15) is 51.7 Å². The predicted octanol–water partition coefficient (Wildman–Crippen LogP) is 2.78. The molecule has 2 fully saturated rings. The SMILES string of the molecule is CC(C)[C@@H]1CN(c2cc3c(cn2)COC(C)(C)C3)CCN1C(O)OCC1CC1. The number of rotatable bonds is 6. The third kappa shape index (κ3) is 4.51. The molecule has 6 heteroatoms. The zero-order valence-corrected chi connectivity index (χ0v) is 17.7. The zero-order valence-electron chi connectivity index (χ0n) is 17.7. The first-order valence-electron chi connectivity index (χ1n) is 10.7. The van der Waals surface area contributed by atoms with E-state index in [9.17, 15) is 5.11 Å². The van der Waals surface area contributed by atoms with Gasteiger partial charge in [0.25, 0.3) is 0 Å². The summed E-state index contributed by atoms with van der Waals surface area (Å²) in [4.78, 5) is 9.21. The van der Waals surface area contributed by atoms with Crippen molar-refractivity contribution < 1.29 is 14.6 Å². The van der Waals surface area contributed by atoms with Gasteiger partial charge in [-0.3, -0.25) is 0 Å². The Morgan fingerprint density at radius 1 is 1.29 bits per heavy atom. The maximum absolute atomic E-state index is 10.6. The van der Waals surface area contributed by atoms with Gasteiger partial charge in [0.05, 0.1) is 18.8 Å². The summed E-state index contributed by atoms with van der Waals surface area (Å²) in [5.74, 6) is 2.11. The second-order valence-electron chi connectivity index (χ2n) is 9.63. The minimum Gasteiger partial charge on any atom is -0.370 e. The highest BCUT2D eigenvalue weighted by Gasteiger charge is 2.35. The molecule has 1 saturated heterocycles. The second kappa shape index (κ2) is 7.90. The van der Waals surface area contributed by atoms with Gasteiger partial charge in [-0.05, 0) is 55.7 Å². The summed E-state index contributed by atoms with van der Waals surface area (Å²) in [5.41, 5.74) is 2.43. The fourth-order valence-corrected chi connectivity index (χ4v) is 4.27. The van der Waals surface area contributed by atoms with Crippen molar-refractivity contribution in [3.63, 3.8) is 0 Å². The summed E-state index contributed by atoms with van der Waals surface area (Å²) in [6.07, 6.45) is 4.56. The lowest BCUT2D eigenvalue weighted by Gasteiger charge is -2.45. The minimum atomic E-state index is -0.801. The highest BCUT2D eigenvalue weighted by atomic mass is 16.6. The summed E-state index contributed by atoms with van der Waals surface area (Å²) in [6, 6.07) is 2.48. The quantitative estimate of drug-likeness (QED) is 0.755. The van der Waals surface area contributed by atoms with Crippen LogP contribution in [0.2, 0.25) is 0 Å². The van der Waals surface area contributed by atoms with Gasteiger partial charge in [0, 0.05) is 38.3 Å². The monoisotopic (exact) mass is 389 g/mol. The van der Waals surface area contributed by atoms with E-state index >= 15 is 0 Å². The molecule has 1 unspecified atom stereocenters. The molecule has 2 aliphatic heterocycles. The first-order chi connectivity index (χ1) is 13.3. The van der Waals surface area contributed by atoms with Crippen LogP contribution in [-0.2, 0) is 22.5 Å². The molecule has 6 nitrogen and oxygen atoms in total. The van der Waals surface area contributed by atoms with E-state index in [1.165, 1.54) is 24.0 Å². The molecule has 2 atom stereocenters. The van der Waals surface area contributed by atoms with Crippen molar-refractivity contribution in [2.75, 3.05) is 31.1 Å². The van der Waals surface area contributed by atoms with Crippen molar-refractivity contribution in [2.24, 2.45) is 11.8 Å². The second-order valence-corrected chi connectivity index (χ2v) is 9.63. The van der Waals surface area contributed by atoms with Gasteiger partial charge >= 0.3 is 0 Å².